The van der Waals surface area contributed by atoms with Gasteiger partial charge in [-0.15, -0.1) is 0 Å². The third kappa shape index (κ3) is 6.59. The minimum atomic E-state index is -0.926. The maximum Gasteiger partial charge on any atom is 0.306 e. The van der Waals surface area contributed by atoms with Crippen LogP contribution in [-0.4, -0.2) is 40.6 Å². The fourth-order valence-electron chi connectivity index (χ4n) is 2.90. The number of carboxylic acid groups (broad SMARTS) is 1. The molecule has 3 N–H and O–H groups in total. The third-order valence-electron chi connectivity index (χ3n) is 4.44. The van der Waals surface area contributed by atoms with Crippen molar-refractivity contribution in [2.45, 2.75) is 25.6 Å². The number of carbonyl (C=O) groups is 1. The molecule has 2 rings (SSSR count). The molecular formula is C21H26O5. The summed E-state index contributed by atoms with van der Waals surface area (Å²) in [6, 6.07) is 19.0. The Labute approximate surface area is 153 Å². The molecule has 0 saturated heterocycles. The van der Waals surface area contributed by atoms with Gasteiger partial charge in [0.15, 0.2) is 0 Å². The van der Waals surface area contributed by atoms with Crippen LogP contribution >= 0.6 is 0 Å². The van der Waals surface area contributed by atoms with E-state index in [2.05, 4.69) is 0 Å². The fraction of sp³-hybridized carbons (Fsp3) is 0.381. The van der Waals surface area contributed by atoms with Crippen LogP contribution in [0.15, 0.2) is 60.7 Å². The number of aliphatic hydroxyl groups is 2. The highest BCUT2D eigenvalue weighted by Crippen LogP contribution is 2.21. The zero-order chi connectivity index (χ0) is 18.8. The predicted octanol–water partition coefficient (Wildman–Crippen LogP) is 2.51. The van der Waals surface area contributed by atoms with E-state index in [0.717, 1.165) is 11.1 Å². The summed E-state index contributed by atoms with van der Waals surface area (Å²) in [4.78, 5) is 11.6. The van der Waals surface area contributed by atoms with Gasteiger partial charge in [0.1, 0.15) is 0 Å². The molecule has 0 saturated carbocycles. The minimum Gasteiger partial charge on any atom is -0.481 e. The number of benzene rings is 2. The predicted molar refractivity (Wildman–Crippen MR) is 98.6 cm³/mol. The Hall–Kier alpha value is -2.21. The normalized spacial score (nSPS) is 14.5. The molecule has 3 atom stereocenters. The monoisotopic (exact) mass is 358 g/mol. The number of aliphatic hydroxyl groups excluding tert-OH is 2. The lowest BCUT2D eigenvalue weighted by atomic mass is 9.87. The molecule has 0 aliphatic carbocycles. The molecule has 0 spiro atoms. The van der Waals surface area contributed by atoms with Crippen LogP contribution in [-0.2, 0) is 22.6 Å². The van der Waals surface area contributed by atoms with E-state index in [4.69, 9.17) is 4.74 Å². The van der Waals surface area contributed by atoms with Crippen LogP contribution in [0.5, 0.6) is 0 Å². The fourth-order valence-corrected chi connectivity index (χ4v) is 2.90. The highest BCUT2D eigenvalue weighted by atomic mass is 16.5. The van der Waals surface area contributed by atoms with Gasteiger partial charge in [0, 0.05) is 12.5 Å². The van der Waals surface area contributed by atoms with Crippen molar-refractivity contribution in [2.75, 3.05) is 13.2 Å². The maximum absolute atomic E-state index is 11.6. The van der Waals surface area contributed by atoms with E-state index < -0.39 is 23.9 Å². The van der Waals surface area contributed by atoms with Gasteiger partial charge in [0.05, 0.1) is 25.2 Å². The average molecular weight is 358 g/mol. The second-order valence-corrected chi connectivity index (χ2v) is 6.47. The molecule has 3 unspecified atom stereocenters. The molecule has 2 aromatic carbocycles. The van der Waals surface area contributed by atoms with Crippen molar-refractivity contribution in [1.82, 2.24) is 0 Å². The van der Waals surface area contributed by atoms with E-state index >= 15 is 0 Å². The molecule has 26 heavy (non-hydrogen) atoms. The van der Waals surface area contributed by atoms with Crippen LogP contribution in [0, 0.1) is 11.8 Å². The number of aliphatic carboxylic acids is 1. The van der Waals surface area contributed by atoms with Gasteiger partial charge in [-0.1, -0.05) is 60.7 Å². The van der Waals surface area contributed by atoms with Gasteiger partial charge >= 0.3 is 5.97 Å². The van der Waals surface area contributed by atoms with Crippen molar-refractivity contribution in [3.8, 4) is 0 Å². The summed E-state index contributed by atoms with van der Waals surface area (Å²) in [6.45, 7) is 0.134. The summed E-state index contributed by atoms with van der Waals surface area (Å²) >= 11 is 0. The Morgan fingerprint density at radius 3 is 2.08 bits per heavy atom. The Morgan fingerprint density at radius 2 is 1.54 bits per heavy atom. The first-order chi connectivity index (χ1) is 12.6. The third-order valence-corrected chi connectivity index (χ3v) is 4.44. The van der Waals surface area contributed by atoms with Gasteiger partial charge in [0.2, 0.25) is 0 Å². The number of hydrogen-bond donors (Lipinski definition) is 3. The molecule has 0 fully saturated rings. The Balaban J connectivity index is 1.87. The first-order valence-electron chi connectivity index (χ1n) is 8.77. The number of carboxylic acids is 1. The highest BCUT2D eigenvalue weighted by Gasteiger charge is 2.27. The summed E-state index contributed by atoms with van der Waals surface area (Å²) in [5.41, 5.74) is 1.92. The highest BCUT2D eigenvalue weighted by molar-refractivity contribution is 5.70. The Bertz CT molecular complexity index is 644. The van der Waals surface area contributed by atoms with Gasteiger partial charge in [-0.05, 0) is 24.0 Å². The number of ether oxygens (including phenoxy) is 1. The molecule has 5 nitrogen and oxygen atoms in total. The molecule has 0 aliphatic rings. The molecule has 5 heteroatoms. The minimum absolute atomic E-state index is 0.0534. The Morgan fingerprint density at radius 1 is 0.962 bits per heavy atom. The van der Waals surface area contributed by atoms with Crippen LogP contribution in [0.3, 0.4) is 0 Å². The Kier molecular flexibility index (Phi) is 8.28. The van der Waals surface area contributed by atoms with E-state index in [1.165, 1.54) is 0 Å². The standard InChI is InChI=1S/C21H26O5/c22-13-19(20(23)15-26-14-17-9-5-2-6-10-17)12-18(21(24)25)11-16-7-3-1-4-8-16/h1-10,18-20,22-23H,11-15H2,(H,24,25). The molecular weight excluding hydrogens is 332 g/mol. The summed E-state index contributed by atoms with van der Waals surface area (Å²) in [5, 5.41) is 29.4. The van der Waals surface area contributed by atoms with Crippen molar-refractivity contribution >= 4 is 5.97 Å². The SMILES string of the molecule is O=C(O)C(Cc1ccccc1)CC(CO)C(O)COCc1ccccc1. The summed E-state index contributed by atoms with van der Waals surface area (Å²) in [6.07, 6.45) is -0.359. The molecule has 2 aromatic rings. The quantitative estimate of drug-likeness (QED) is 0.574. The first-order valence-corrected chi connectivity index (χ1v) is 8.77. The number of rotatable bonds is 11. The summed E-state index contributed by atoms with van der Waals surface area (Å²) in [5.74, 6) is -2.14. The van der Waals surface area contributed by atoms with E-state index in [1.54, 1.807) is 0 Å². The molecule has 0 aromatic heterocycles. The first kappa shape index (κ1) is 20.1. The van der Waals surface area contributed by atoms with Crippen molar-refractivity contribution in [3.63, 3.8) is 0 Å². The van der Waals surface area contributed by atoms with Gasteiger partial charge in [0.25, 0.3) is 0 Å². The van der Waals surface area contributed by atoms with Crippen LogP contribution < -0.4 is 0 Å². The smallest absolute Gasteiger partial charge is 0.306 e. The van der Waals surface area contributed by atoms with Crippen LogP contribution in [0.1, 0.15) is 17.5 Å². The molecule has 0 amide bonds. The van der Waals surface area contributed by atoms with E-state index in [1.807, 2.05) is 60.7 Å². The number of hydrogen-bond acceptors (Lipinski definition) is 4. The van der Waals surface area contributed by atoms with Crippen LogP contribution in [0.4, 0.5) is 0 Å². The second kappa shape index (κ2) is 10.7. The van der Waals surface area contributed by atoms with Crippen molar-refractivity contribution < 1.29 is 24.9 Å². The molecule has 0 aliphatic heterocycles. The molecule has 0 radical (unpaired) electrons. The van der Waals surface area contributed by atoms with Gasteiger partial charge in [-0.25, -0.2) is 0 Å². The van der Waals surface area contributed by atoms with Gasteiger partial charge in [-0.3, -0.25) is 4.79 Å². The lowest BCUT2D eigenvalue weighted by Crippen LogP contribution is -2.32. The van der Waals surface area contributed by atoms with Crippen molar-refractivity contribution in [1.29, 1.82) is 0 Å². The van der Waals surface area contributed by atoms with Gasteiger partial charge < -0.3 is 20.1 Å². The lowest BCUT2D eigenvalue weighted by Gasteiger charge is -2.24. The largest absolute Gasteiger partial charge is 0.481 e. The van der Waals surface area contributed by atoms with Crippen LogP contribution in [0.2, 0.25) is 0 Å². The molecule has 0 heterocycles. The summed E-state index contributed by atoms with van der Waals surface area (Å²) < 4.78 is 5.52. The zero-order valence-corrected chi connectivity index (χ0v) is 14.7. The molecule has 0 bridgehead atoms. The van der Waals surface area contributed by atoms with Crippen LogP contribution in [0.25, 0.3) is 0 Å². The van der Waals surface area contributed by atoms with E-state index in [-0.39, 0.29) is 19.6 Å². The van der Waals surface area contributed by atoms with E-state index in [9.17, 15) is 20.1 Å². The van der Waals surface area contributed by atoms with Gasteiger partial charge in [-0.2, -0.15) is 0 Å². The topological polar surface area (TPSA) is 87.0 Å². The summed E-state index contributed by atoms with van der Waals surface area (Å²) in [7, 11) is 0. The van der Waals surface area contributed by atoms with Crippen molar-refractivity contribution in [2.24, 2.45) is 11.8 Å². The maximum atomic E-state index is 11.6. The average Bonchev–Trinajstić information content (AvgIpc) is 2.66. The second-order valence-electron chi connectivity index (χ2n) is 6.47. The van der Waals surface area contributed by atoms with Crippen molar-refractivity contribution in [3.05, 3.63) is 71.8 Å². The molecule has 140 valence electrons. The lowest BCUT2D eigenvalue weighted by molar-refractivity contribution is -0.143. The zero-order valence-electron chi connectivity index (χ0n) is 14.7. The van der Waals surface area contributed by atoms with E-state index in [0.29, 0.717) is 13.0 Å².